The summed E-state index contributed by atoms with van der Waals surface area (Å²) in [5, 5.41) is 0. The van der Waals surface area contributed by atoms with Gasteiger partial charge in [-0.15, -0.1) is 0 Å². The maximum atomic E-state index is 11.5. The summed E-state index contributed by atoms with van der Waals surface area (Å²) in [6, 6.07) is 3.93. The summed E-state index contributed by atoms with van der Waals surface area (Å²) in [5.41, 5.74) is 2.88. The molecule has 0 aromatic heterocycles. The van der Waals surface area contributed by atoms with Crippen LogP contribution < -0.4 is 0 Å². The standard InChI is InChI=1S/C11H13IO2/c1-4-14-11(13)9-6-7(2)5-8(3)10(9)12/h5-6H,4H2,1-3H3. The van der Waals surface area contributed by atoms with E-state index in [2.05, 4.69) is 28.7 Å². The number of benzene rings is 1. The van der Waals surface area contributed by atoms with Gasteiger partial charge in [-0.25, -0.2) is 4.79 Å². The van der Waals surface area contributed by atoms with Crippen LogP contribution in [0, 0.1) is 17.4 Å². The molecule has 0 radical (unpaired) electrons. The highest BCUT2D eigenvalue weighted by Crippen LogP contribution is 2.19. The third kappa shape index (κ3) is 2.47. The van der Waals surface area contributed by atoms with Gasteiger partial charge < -0.3 is 4.74 Å². The van der Waals surface area contributed by atoms with Gasteiger partial charge in [-0.1, -0.05) is 6.07 Å². The van der Waals surface area contributed by atoms with Crippen LogP contribution in [0.3, 0.4) is 0 Å². The molecule has 0 saturated heterocycles. The summed E-state index contributed by atoms with van der Waals surface area (Å²) in [5.74, 6) is -0.233. The lowest BCUT2D eigenvalue weighted by Crippen LogP contribution is -2.08. The molecule has 76 valence electrons. The van der Waals surface area contributed by atoms with Crippen LogP contribution in [0.25, 0.3) is 0 Å². The van der Waals surface area contributed by atoms with Crippen LogP contribution in [0.1, 0.15) is 28.4 Å². The Hall–Kier alpha value is -0.580. The maximum Gasteiger partial charge on any atom is 0.339 e. The minimum atomic E-state index is -0.233. The van der Waals surface area contributed by atoms with Crippen LogP contribution in [0.2, 0.25) is 0 Å². The molecule has 0 fully saturated rings. The Bertz CT molecular complexity index is 359. The zero-order valence-corrected chi connectivity index (χ0v) is 10.7. The first-order valence-corrected chi connectivity index (χ1v) is 5.58. The normalized spacial score (nSPS) is 10.0. The Morgan fingerprint density at radius 2 is 2.07 bits per heavy atom. The number of halogens is 1. The summed E-state index contributed by atoms with van der Waals surface area (Å²) in [4.78, 5) is 11.5. The second-order valence-corrected chi connectivity index (χ2v) is 4.24. The molecule has 0 heterocycles. The Morgan fingerprint density at radius 1 is 1.43 bits per heavy atom. The van der Waals surface area contributed by atoms with Gasteiger partial charge in [0.25, 0.3) is 0 Å². The molecule has 0 amide bonds. The van der Waals surface area contributed by atoms with Gasteiger partial charge >= 0.3 is 5.97 Å². The van der Waals surface area contributed by atoms with E-state index < -0.39 is 0 Å². The molecule has 0 atom stereocenters. The van der Waals surface area contributed by atoms with Crippen LogP contribution in [0.4, 0.5) is 0 Å². The summed E-state index contributed by atoms with van der Waals surface area (Å²) >= 11 is 2.18. The third-order valence-corrected chi connectivity index (χ3v) is 3.33. The molecule has 1 aromatic carbocycles. The van der Waals surface area contributed by atoms with E-state index in [0.29, 0.717) is 12.2 Å². The number of esters is 1. The zero-order chi connectivity index (χ0) is 10.7. The van der Waals surface area contributed by atoms with Gasteiger partial charge in [-0.05, 0) is 60.6 Å². The fraction of sp³-hybridized carbons (Fsp3) is 0.364. The minimum Gasteiger partial charge on any atom is -0.462 e. The van der Waals surface area contributed by atoms with Crippen LogP contribution in [-0.2, 0) is 4.74 Å². The number of carbonyl (C=O) groups excluding carboxylic acids is 1. The van der Waals surface area contributed by atoms with Crippen LogP contribution in [0.15, 0.2) is 12.1 Å². The molecule has 1 rings (SSSR count). The van der Waals surface area contributed by atoms with Gasteiger partial charge in [0, 0.05) is 3.57 Å². The van der Waals surface area contributed by atoms with Crippen molar-refractivity contribution in [2.45, 2.75) is 20.8 Å². The minimum absolute atomic E-state index is 0.233. The second-order valence-electron chi connectivity index (χ2n) is 3.16. The van der Waals surface area contributed by atoms with Crippen molar-refractivity contribution in [3.05, 3.63) is 32.4 Å². The maximum absolute atomic E-state index is 11.5. The fourth-order valence-electron chi connectivity index (χ4n) is 1.31. The summed E-state index contributed by atoms with van der Waals surface area (Å²) in [6.07, 6.45) is 0. The topological polar surface area (TPSA) is 26.3 Å². The molecule has 0 aliphatic rings. The first-order chi connectivity index (χ1) is 6.56. The number of ether oxygens (including phenoxy) is 1. The van der Waals surface area contributed by atoms with Gasteiger partial charge in [0.05, 0.1) is 12.2 Å². The number of hydrogen-bond donors (Lipinski definition) is 0. The molecule has 0 spiro atoms. The molecule has 0 N–H and O–H groups in total. The van der Waals surface area contributed by atoms with E-state index in [1.807, 2.05) is 26.8 Å². The average Bonchev–Trinajstić information content (AvgIpc) is 2.11. The number of hydrogen-bond acceptors (Lipinski definition) is 2. The molecular formula is C11H13IO2. The monoisotopic (exact) mass is 304 g/mol. The lowest BCUT2D eigenvalue weighted by atomic mass is 10.1. The lowest BCUT2D eigenvalue weighted by Gasteiger charge is -2.07. The third-order valence-electron chi connectivity index (χ3n) is 1.89. The van der Waals surface area contributed by atoms with E-state index in [4.69, 9.17) is 4.74 Å². The van der Waals surface area contributed by atoms with Gasteiger partial charge in [-0.2, -0.15) is 0 Å². The summed E-state index contributed by atoms with van der Waals surface area (Å²) in [7, 11) is 0. The first-order valence-electron chi connectivity index (χ1n) is 4.50. The molecule has 0 aliphatic carbocycles. The molecular weight excluding hydrogens is 291 g/mol. The smallest absolute Gasteiger partial charge is 0.339 e. The Morgan fingerprint density at radius 3 is 2.64 bits per heavy atom. The molecule has 3 heteroatoms. The van der Waals surface area contributed by atoms with Crippen LogP contribution in [0.5, 0.6) is 0 Å². The first kappa shape index (κ1) is 11.5. The van der Waals surface area contributed by atoms with Crippen LogP contribution in [-0.4, -0.2) is 12.6 Å². The Balaban J connectivity index is 3.13. The Kier molecular flexibility index (Phi) is 3.92. The largest absolute Gasteiger partial charge is 0.462 e. The van der Waals surface area contributed by atoms with Crippen molar-refractivity contribution in [1.29, 1.82) is 0 Å². The number of aryl methyl sites for hydroxylation is 2. The van der Waals surface area contributed by atoms with E-state index in [1.54, 1.807) is 0 Å². The second kappa shape index (κ2) is 4.77. The van der Waals surface area contributed by atoms with Crippen molar-refractivity contribution >= 4 is 28.6 Å². The molecule has 1 aromatic rings. The molecule has 14 heavy (non-hydrogen) atoms. The predicted octanol–water partition coefficient (Wildman–Crippen LogP) is 3.08. The van der Waals surface area contributed by atoms with E-state index >= 15 is 0 Å². The fourth-order valence-corrected chi connectivity index (χ4v) is 1.84. The van der Waals surface area contributed by atoms with Crippen molar-refractivity contribution in [3.63, 3.8) is 0 Å². The van der Waals surface area contributed by atoms with Crippen molar-refractivity contribution in [3.8, 4) is 0 Å². The number of rotatable bonds is 2. The average molecular weight is 304 g/mol. The SMILES string of the molecule is CCOC(=O)c1cc(C)cc(C)c1I. The Labute approximate surface area is 97.8 Å². The van der Waals surface area contributed by atoms with Crippen molar-refractivity contribution in [1.82, 2.24) is 0 Å². The van der Waals surface area contributed by atoms with E-state index in [-0.39, 0.29) is 5.97 Å². The molecule has 0 bridgehead atoms. The summed E-state index contributed by atoms with van der Waals surface area (Å²) in [6.45, 7) is 6.21. The van der Waals surface area contributed by atoms with Crippen molar-refractivity contribution < 1.29 is 9.53 Å². The highest BCUT2D eigenvalue weighted by atomic mass is 127. The quantitative estimate of drug-likeness (QED) is 0.620. The van der Waals surface area contributed by atoms with Crippen molar-refractivity contribution in [2.24, 2.45) is 0 Å². The highest BCUT2D eigenvalue weighted by Gasteiger charge is 2.12. The zero-order valence-electron chi connectivity index (χ0n) is 8.56. The number of carbonyl (C=O) groups is 1. The van der Waals surface area contributed by atoms with Gasteiger partial charge in [0.15, 0.2) is 0 Å². The van der Waals surface area contributed by atoms with E-state index in [9.17, 15) is 4.79 Å². The van der Waals surface area contributed by atoms with Crippen LogP contribution >= 0.6 is 22.6 Å². The van der Waals surface area contributed by atoms with E-state index in [0.717, 1.165) is 14.7 Å². The van der Waals surface area contributed by atoms with Gasteiger partial charge in [0.1, 0.15) is 0 Å². The molecule has 0 aliphatic heterocycles. The predicted molar refractivity (Wildman–Crippen MR) is 64.6 cm³/mol. The lowest BCUT2D eigenvalue weighted by molar-refractivity contribution is 0.0525. The van der Waals surface area contributed by atoms with Crippen molar-refractivity contribution in [2.75, 3.05) is 6.61 Å². The van der Waals surface area contributed by atoms with Gasteiger partial charge in [0.2, 0.25) is 0 Å². The summed E-state index contributed by atoms with van der Waals surface area (Å²) < 4.78 is 5.95. The van der Waals surface area contributed by atoms with Gasteiger partial charge in [-0.3, -0.25) is 0 Å². The highest BCUT2D eigenvalue weighted by molar-refractivity contribution is 14.1. The molecule has 0 saturated carbocycles. The molecule has 2 nitrogen and oxygen atoms in total. The van der Waals surface area contributed by atoms with E-state index in [1.165, 1.54) is 0 Å². The molecule has 0 unspecified atom stereocenters.